The second-order valence-corrected chi connectivity index (χ2v) is 7.69. The van der Waals surface area contributed by atoms with Gasteiger partial charge in [0, 0.05) is 24.2 Å². The van der Waals surface area contributed by atoms with Crippen LogP contribution in [-0.4, -0.2) is 42.4 Å². The lowest BCUT2D eigenvalue weighted by Gasteiger charge is -2.29. The first-order chi connectivity index (χ1) is 15.7. The second-order valence-electron chi connectivity index (χ2n) is 7.28. The molecule has 32 heavy (non-hydrogen) atoms. The number of amides is 1. The van der Waals surface area contributed by atoms with E-state index in [1.54, 1.807) is 12.1 Å². The van der Waals surface area contributed by atoms with Crippen LogP contribution in [-0.2, 0) is 4.74 Å². The molecule has 1 aliphatic rings. The number of nitrogens with zero attached hydrogens (tertiary/aromatic N) is 3. The zero-order valence-corrected chi connectivity index (χ0v) is 17.8. The molecule has 1 aromatic heterocycles. The number of benzene rings is 3. The lowest BCUT2D eigenvalue weighted by Crippen LogP contribution is -2.36. The Kier molecular flexibility index (Phi) is 5.62. The normalized spacial score (nSPS) is 13.8. The zero-order valence-electron chi connectivity index (χ0n) is 17.0. The van der Waals surface area contributed by atoms with Crippen molar-refractivity contribution in [3.05, 3.63) is 71.6 Å². The molecule has 0 radical (unpaired) electrons. The van der Waals surface area contributed by atoms with Crippen LogP contribution >= 0.6 is 11.6 Å². The molecule has 0 spiro atoms. The van der Waals surface area contributed by atoms with Gasteiger partial charge in [0.05, 0.1) is 29.6 Å². The molecule has 4 aromatic rings. The molecule has 0 bridgehead atoms. The van der Waals surface area contributed by atoms with Crippen LogP contribution in [0.5, 0.6) is 0 Å². The Labute approximate surface area is 189 Å². The fourth-order valence-corrected chi connectivity index (χ4v) is 3.95. The van der Waals surface area contributed by atoms with E-state index in [0.717, 1.165) is 35.2 Å². The van der Waals surface area contributed by atoms with Crippen LogP contribution in [0.4, 0.5) is 23.1 Å². The summed E-state index contributed by atoms with van der Waals surface area (Å²) in [7, 11) is 0. The van der Waals surface area contributed by atoms with Crippen molar-refractivity contribution >= 4 is 51.4 Å². The average molecular weight is 450 g/mol. The third-order valence-electron chi connectivity index (χ3n) is 5.21. The van der Waals surface area contributed by atoms with Crippen molar-refractivity contribution in [1.29, 1.82) is 0 Å². The largest absolute Gasteiger partial charge is 0.399 e. The van der Waals surface area contributed by atoms with Gasteiger partial charge in [-0.15, -0.1) is 5.10 Å². The summed E-state index contributed by atoms with van der Waals surface area (Å²) in [4.78, 5) is 14.7. The lowest BCUT2D eigenvalue weighted by molar-refractivity contribution is 0.0991. The van der Waals surface area contributed by atoms with E-state index in [9.17, 15) is 4.79 Å². The molecule has 0 atom stereocenters. The maximum atomic E-state index is 12.6. The maximum Gasteiger partial charge on any atom is 0.320 e. The molecule has 2 N–H and O–H groups in total. The van der Waals surface area contributed by atoms with Gasteiger partial charge in [0.25, 0.3) is 0 Å². The van der Waals surface area contributed by atoms with Gasteiger partial charge in [-0.2, -0.15) is 0 Å². The first-order valence-corrected chi connectivity index (χ1v) is 10.6. The quantitative estimate of drug-likeness (QED) is 0.455. The highest BCUT2D eigenvalue weighted by atomic mass is 35.5. The monoisotopic (exact) mass is 449 g/mol. The zero-order chi connectivity index (χ0) is 21.9. The summed E-state index contributed by atoms with van der Waals surface area (Å²) in [5.74, 6) is -0.667. The molecular formula is C23H20ClN5O3. The number of ether oxygens (including phenoxy) is 1. The maximum absolute atomic E-state index is 12.6. The smallest absolute Gasteiger partial charge is 0.320 e. The van der Waals surface area contributed by atoms with Gasteiger partial charge in [-0.3, -0.25) is 4.79 Å². The van der Waals surface area contributed by atoms with Gasteiger partial charge in [0.2, 0.25) is 0 Å². The first-order valence-electron chi connectivity index (χ1n) is 10.2. The molecule has 1 aliphatic heterocycles. The standard InChI is InChI=1S/C23H20ClN5O3/c24-18-14-16(8-9-20(18)29-10-12-31-13-11-29)25-21(30)22-27-28-23(32-22)26-19-7-3-5-15-4-1-2-6-17(15)19/h1-9,14H,10-13H2,(H,25,30)(H,26,28). The molecule has 3 aromatic carbocycles. The molecule has 8 nitrogen and oxygen atoms in total. The minimum absolute atomic E-state index is 0.132. The fraction of sp³-hybridized carbons (Fsp3) is 0.174. The topological polar surface area (TPSA) is 92.5 Å². The van der Waals surface area contributed by atoms with E-state index in [1.165, 1.54) is 0 Å². The summed E-state index contributed by atoms with van der Waals surface area (Å²) in [6.07, 6.45) is 0. The Bertz CT molecular complexity index is 1260. The van der Waals surface area contributed by atoms with E-state index in [1.807, 2.05) is 48.5 Å². The van der Waals surface area contributed by atoms with E-state index in [2.05, 4.69) is 25.7 Å². The Morgan fingerprint density at radius 1 is 1.00 bits per heavy atom. The average Bonchev–Trinajstić information content (AvgIpc) is 3.29. The van der Waals surface area contributed by atoms with Gasteiger partial charge in [-0.25, -0.2) is 0 Å². The van der Waals surface area contributed by atoms with Crippen molar-refractivity contribution in [1.82, 2.24) is 10.2 Å². The summed E-state index contributed by atoms with van der Waals surface area (Å²) in [5, 5.41) is 16.3. The highest BCUT2D eigenvalue weighted by Crippen LogP contribution is 2.30. The molecule has 9 heteroatoms. The Morgan fingerprint density at radius 2 is 1.81 bits per heavy atom. The predicted molar refractivity (Wildman–Crippen MR) is 124 cm³/mol. The number of hydrogen-bond acceptors (Lipinski definition) is 7. The third-order valence-corrected chi connectivity index (χ3v) is 5.51. The van der Waals surface area contributed by atoms with E-state index >= 15 is 0 Å². The van der Waals surface area contributed by atoms with E-state index in [-0.39, 0.29) is 11.9 Å². The van der Waals surface area contributed by atoms with Crippen molar-refractivity contribution < 1.29 is 13.9 Å². The Balaban J connectivity index is 1.28. The highest BCUT2D eigenvalue weighted by molar-refractivity contribution is 6.33. The number of rotatable bonds is 5. The summed E-state index contributed by atoms with van der Waals surface area (Å²) in [6.45, 7) is 2.89. The summed E-state index contributed by atoms with van der Waals surface area (Å²) in [6, 6.07) is 19.3. The van der Waals surface area contributed by atoms with Gasteiger partial charge in [-0.1, -0.05) is 53.1 Å². The fourth-order valence-electron chi connectivity index (χ4n) is 3.65. The number of fused-ring (bicyclic) bond motifs is 1. The number of anilines is 4. The third kappa shape index (κ3) is 4.23. The SMILES string of the molecule is O=C(Nc1ccc(N2CCOCC2)c(Cl)c1)c1nnc(Nc2cccc3ccccc23)o1. The minimum Gasteiger partial charge on any atom is -0.399 e. The summed E-state index contributed by atoms with van der Waals surface area (Å²) < 4.78 is 10.9. The van der Waals surface area contributed by atoms with Crippen LogP contribution in [0.15, 0.2) is 65.1 Å². The van der Waals surface area contributed by atoms with E-state index in [0.29, 0.717) is 23.9 Å². The molecule has 162 valence electrons. The van der Waals surface area contributed by atoms with Gasteiger partial charge in [-0.05, 0) is 29.7 Å². The Morgan fingerprint density at radius 3 is 2.66 bits per heavy atom. The molecule has 0 aliphatic carbocycles. The van der Waals surface area contributed by atoms with Crippen molar-refractivity contribution in [2.75, 3.05) is 41.8 Å². The van der Waals surface area contributed by atoms with E-state index in [4.69, 9.17) is 20.8 Å². The molecule has 0 unspecified atom stereocenters. The van der Waals surface area contributed by atoms with Crippen molar-refractivity contribution in [2.24, 2.45) is 0 Å². The van der Waals surface area contributed by atoms with Gasteiger partial charge in [0.1, 0.15) is 0 Å². The summed E-state index contributed by atoms with van der Waals surface area (Å²) in [5.41, 5.74) is 2.26. The van der Waals surface area contributed by atoms with Crippen molar-refractivity contribution in [3.63, 3.8) is 0 Å². The van der Waals surface area contributed by atoms with E-state index < -0.39 is 5.91 Å². The number of carbonyl (C=O) groups excluding carboxylic acids is 1. The van der Waals surface area contributed by atoms with Crippen LogP contribution in [0.3, 0.4) is 0 Å². The molecule has 2 heterocycles. The second kappa shape index (κ2) is 8.86. The van der Waals surface area contributed by atoms with Gasteiger partial charge in [0.15, 0.2) is 0 Å². The van der Waals surface area contributed by atoms with Crippen LogP contribution in [0.25, 0.3) is 10.8 Å². The van der Waals surface area contributed by atoms with Crippen LogP contribution < -0.4 is 15.5 Å². The first kappa shape index (κ1) is 20.3. The number of hydrogen-bond donors (Lipinski definition) is 2. The Hall–Kier alpha value is -3.62. The molecule has 0 saturated carbocycles. The number of nitrogens with one attached hydrogen (secondary N) is 2. The number of carbonyl (C=O) groups is 1. The molecule has 5 rings (SSSR count). The number of morpholine rings is 1. The highest BCUT2D eigenvalue weighted by Gasteiger charge is 2.18. The van der Waals surface area contributed by atoms with Gasteiger partial charge < -0.3 is 24.7 Å². The van der Waals surface area contributed by atoms with Gasteiger partial charge >= 0.3 is 17.8 Å². The van der Waals surface area contributed by atoms with Crippen LogP contribution in [0, 0.1) is 0 Å². The summed E-state index contributed by atoms with van der Waals surface area (Å²) >= 11 is 6.44. The minimum atomic E-state index is -0.515. The predicted octanol–water partition coefficient (Wildman–Crippen LogP) is 4.71. The molecular weight excluding hydrogens is 430 g/mol. The van der Waals surface area contributed by atoms with Crippen molar-refractivity contribution in [2.45, 2.75) is 0 Å². The van der Waals surface area contributed by atoms with Crippen LogP contribution in [0.2, 0.25) is 5.02 Å². The van der Waals surface area contributed by atoms with Crippen LogP contribution in [0.1, 0.15) is 10.7 Å². The number of aromatic nitrogens is 2. The molecule has 1 saturated heterocycles. The molecule has 1 amide bonds. The number of halogens is 1. The lowest BCUT2D eigenvalue weighted by atomic mass is 10.1. The van der Waals surface area contributed by atoms with Crippen molar-refractivity contribution in [3.8, 4) is 0 Å². The molecule has 1 fully saturated rings.